The number of ether oxygens (including phenoxy) is 1. The van der Waals surface area contributed by atoms with Crippen molar-refractivity contribution in [1.82, 2.24) is 9.97 Å². The average molecular weight is 309 g/mol. The van der Waals surface area contributed by atoms with Crippen LogP contribution in [-0.4, -0.2) is 21.0 Å². The highest BCUT2D eigenvalue weighted by Gasteiger charge is 2.09. The Morgan fingerprint density at radius 2 is 2.11 bits per heavy atom. The van der Waals surface area contributed by atoms with Crippen molar-refractivity contribution >= 4 is 21.9 Å². The molecule has 6 heteroatoms. The van der Waals surface area contributed by atoms with E-state index in [4.69, 9.17) is 9.84 Å². The Labute approximate surface area is 112 Å². The molecule has 0 saturated carbocycles. The van der Waals surface area contributed by atoms with E-state index < -0.39 is 5.97 Å². The smallest absolute Gasteiger partial charge is 0.354 e. The summed E-state index contributed by atoms with van der Waals surface area (Å²) < 4.78 is 6.35. The lowest BCUT2D eigenvalue weighted by Crippen LogP contribution is -2.04. The Bertz CT molecular complexity index is 602. The monoisotopic (exact) mass is 308 g/mol. The number of aryl methyl sites for hydroxylation is 1. The average Bonchev–Trinajstić information content (AvgIpc) is 2.28. The molecule has 1 aromatic carbocycles. The molecule has 0 unspecified atom stereocenters. The van der Waals surface area contributed by atoms with Crippen LogP contribution in [0.2, 0.25) is 0 Å². The Morgan fingerprint density at radius 1 is 1.33 bits per heavy atom. The van der Waals surface area contributed by atoms with Crippen LogP contribution in [0.4, 0.5) is 0 Å². The van der Waals surface area contributed by atoms with Gasteiger partial charge in [0.15, 0.2) is 5.69 Å². The third kappa shape index (κ3) is 3.04. The number of carboxylic acids is 1. The second kappa shape index (κ2) is 5.14. The van der Waals surface area contributed by atoms with Gasteiger partial charge in [-0.1, -0.05) is 22.0 Å². The van der Waals surface area contributed by atoms with Crippen molar-refractivity contribution in [1.29, 1.82) is 0 Å². The fourth-order valence-corrected chi connectivity index (χ4v) is 1.73. The normalized spacial score (nSPS) is 10.1. The second-order valence-corrected chi connectivity index (χ2v) is 4.42. The molecule has 1 heterocycles. The molecule has 1 N–H and O–H groups in total. The Kier molecular flexibility index (Phi) is 3.57. The van der Waals surface area contributed by atoms with Gasteiger partial charge in [-0.2, -0.15) is 4.98 Å². The molecule has 2 rings (SSSR count). The standard InChI is InChI=1S/C12H9BrN2O3/c1-7-14-10(12(16)17)6-11(15-7)18-9-4-2-3-8(13)5-9/h2-6H,1H3,(H,16,17). The van der Waals surface area contributed by atoms with Crippen molar-refractivity contribution in [3.8, 4) is 11.6 Å². The van der Waals surface area contributed by atoms with E-state index in [2.05, 4.69) is 25.9 Å². The number of halogens is 1. The molecular formula is C12H9BrN2O3. The zero-order valence-electron chi connectivity index (χ0n) is 9.42. The fourth-order valence-electron chi connectivity index (χ4n) is 1.35. The van der Waals surface area contributed by atoms with Gasteiger partial charge in [-0.05, 0) is 25.1 Å². The molecule has 0 amide bonds. The lowest BCUT2D eigenvalue weighted by atomic mass is 10.3. The van der Waals surface area contributed by atoms with Crippen molar-refractivity contribution in [3.05, 3.63) is 46.3 Å². The summed E-state index contributed by atoms with van der Waals surface area (Å²) in [4.78, 5) is 18.7. The molecule has 0 saturated heterocycles. The number of hydrogen-bond donors (Lipinski definition) is 1. The number of hydrogen-bond acceptors (Lipinski definition) is 4. The van der Waals surface area contributed by atoms with Crippen LogP contribution in [0.25, 0.3) is 0 Å². The highest BCUT2D eigenvalue weighted by molar-refractivity contribution is 9.10. The zero-order chi connectivity index (χ0) is 13.1. The Hall–Kier alpha value is -1.95. The lowest BCUT2D eigenvalue weighted by molar-refractivity contribution is 0.0689. The van der Waals surface area contributed by atoms with Crippen molar-refractivity contribution in [3.63, 3.8) is 0 Å². The van der Waals surface area contributed by atoms with Gasteiger partial charge in [0.05, 0.1) is 0 Å². The van der Waals surface area contributed by atoms with E-state index in [1.807, 2.05) is 12.1 Å². The van der Waals surface area contributed by atoms with E-state index in [9.17, 15) is 4.79 Å². The molecule has 0 aliphatic heterocycles. The molecule has 0 aliphatic carbocycles. The molecule has 0 fully saturated rings. The number of nitrogens with zero attached hydrogens (tertiary/aromatic N) is 2. The first-order chi connectivity index (χ1) is 8.54. The zero-order valence-corrected chi connectivity index (χ0v) is 11.0. The van der Waals surface area contributed by atoms with Gasteiger partial charge in [-0.25, -0.2) is 9.78 Å². The summed E-state index contributed by atoms with van der Waals surface area (Å²) in [6.45, 7) is 1.61. The van der Waals surface area contributed by atoms with Crippen molar-refractivity contribution in [2.75, 3.05) is 0 Å². The molecule has 0 atom stereocenters. The molecule has 18 heavy (non-hydrogen) atoms. The lowest BCUT2D eigenvalue weighted by Gasteiger charge is -2.06. The van der Waals surface area contributed by atoms with Crippen LogP contribution >= 0.6 is 15.9 Å². The fraction of sp³-hybridized carbons (Fsp3) is 0.0833. The van der Waals surface area contributed by atoms with Gasteiger partial charge in [0.2, 0.25) is 5.88 Å². The summed E-state index contributed by atoms with van der Waals surface area (Å²) in [7, 11) is 0. The summed E-state index contributed by atoms with van der Waals surface area (Å²) in [5, 5.41) is 8.89. The number of rotatable bonds is 3. The van der Waals surface area contributed by atoms with Crippen molar-refractivity contribution in [2.45, 2.75) is 6.92 Å². The minimum atomic E-state index is -1.11. The SMILES string of the molecule is Cc1nc(Oc2cccc(Br)c2)cc(C(=O)O)n1. The van der Waals surface area contributed by atoms with E-state index in [-0.39, 0.29) is 11.6 Å². The maximum Gasteiger partial charge on any atom is 0.354 e. The Morgan fingerprint density at radius 3 is 2.78 bits per heavy atom. The maximum atomic E-state index is 10.9. The first-order valence-electron chi connectivity index (χ1n) is 5.07. The largest absolute Gasteiger partial charge is 0.477 e. The predicted octanol–water partition coefficient (Wildman–Crippen LogP) is 3.04. The first kappa shape index (κ1) is 12.5. The summed E-state index contributed by atoms with van der Waals surface area (Å²) >= 11 is 3.32. The number of aromatic nitrogens is 2. The number of aromatic carboxylic acids is 1. The van der Waals surface area contributed by atoms with Gasteiger partial charge in [-0.15, -0.1) is 0 Å². The maximum absolute atomic E-state index is 10.9. The van der Waals surface area contributed by atoms with E-state index in [1.165, 1.54) is 6.07 Å². The third-order valence-electron chi connectivity index (χ3n) is 2.05. The van der Waals surface area contributed by atoms with Gasteiger partial charge in [0, 0.05) is 10.5 Å². The highest BCUT2D eigenvalue weighted by Crippen LogP contribution is 2.23. The van der Waals surface area contributed by atoms with E-state index >= 15 is 0 Å². The molecule has 0 aliphatic rings. The van der Waals surface area contributed by atoms with Gasteiger partial charge in [0.1, 0.15) is 11.6 Å². The summed E-state index contributed by atoms with van der Waals surface area (Å²) in [5.74, 6) is 0.0105. The van der Waals surface area contributed by atoms with Gasteiger partial charge in [0.25, 0.3) is 0 Å². The molecule has 2 aromatic rings. The van der Waals surface area contributed by atoms with Crippen LogP contribution in [-0.2, 0) is 0 Å². The van der Waals surface area contributed by atoms with Crippen molar-refractivity contribution in [2.24, 2.45) is 0 Å². The quantitative estimate of drug-likeness (QED) is 0.943. The predicted molar refractivity (Wildman–Crippen MR) is 67.9 cm³/mol. The third-order valence-corrected chi connectivity index (χ3v) is 2.55. The van der Waals surface area contributed by atoms with E-state index in [0.717, 1.165) is 4.47 Å². The molecule has 0 radical (unpaired) electrons. The molecule has 5 nitrogen and oxygen atoms in total. The van der Waals surface area contributed by atoms with Gasteiger partial charge >= 0.3 is 5.97 Å². The second-order valence-electron chi connectivity index (χ2n) is 3.50. The first-order valence-corrected chi connectivity index (χ1v) is 5.86. The minimum Gasteiger partial charge on any atom is -0.477 e. The van der Waals surface area contributed by atoms with Crippen LogP contribution < -0.4 is 4.74 Å². The van der Waals surface area contributed by atoms with Crippen LogP contribution in [0.15, 0.2) is 34.8 Å². The summed E-state index contributed by atoms with van der Waals surface area (Å²) in [6.07, 6.45) is 0. The molecule has 1 aromatic heterocycles. The van der Waals surface area contributed by atoms with Crippen LogP contribution in [0.5, 0.6) is 11.6 Å². The summed E-state index contributed by atoms with van der Waals surface area (Å²) in [6, 6.07) is 8.48. The van der Waals surface area contributed by atoms with Crippen LogP contribution in [0.3, 0.4) is 0 Å². The van der Waals surface area contributed by atoms with E-state index in [1.54, 1.807) is 19.1 Å². The van der Waals surface area contributed by atoms with Crippen molar-refractivity contribution < 1.29 is 14.6 Å². The van der Waals surface area contributed by atoms with Gasteiger partial charge in [-0.3, -0.25) is 0 Å². The highest BCUT2D eigenvalue weighted by atomic mass is 79.9. The van der Waals surface area contributed by atoms with Crippen LogP contribution in [0, 0.1) is 6.92 Å². The summed E-state index contributed by atoms with van der Waals surface area (Å²) in [5.41, 5.74) is -0.0903. The number of carboxylic acid groups (broad SMARTS) is 1. The number of benzene rings is 1. The molecule has 0 bridgehead atoms. The van der Waals surface area contributed by atoms with Gasteiger partial charge < -0.3 is 9.84 Å². The topological polar surface area (TPSA) is 72.3 Å². The van der Waals surface area contributed by atoms with Crippen LogP contribution in [0.1, 0.15) is 16.3 Å². The van der Waals surface area contributed by atoms with E-state index in [0.29, 0.717) is 11.6 Å². The Balaban J connectivity index is 2.31. The molecule has 0 spiro atoms. The number of carbonyl (C=O) groups is 1. The molecular weight excluding hydrogens is 300 g/mol. The minimum absolute atomic E-state index is 0.0903. The molecule has 92 valence electrons.